The molecule has 1 aliphatic rings. The molecule has 2 rings (SSSR count). The third kappa shape index (κ3) is 1.23. The van der Waals surface area contributed by atoms with Crippen molar-refractivity contribution in [2.45, 2.75) is 25.3 Å². The minimum Gasteiger partial charge on any atom is -0.320 e. The molecule has 1 aromatic heterocycles. The number of hydrogen-bond donors (Lipinski definition) is 1. The molecular weight excluding hydrogens is 148 g/mol. The molecule has 2 nitrogen and oxygen atoms in total. The van der Waals surface area contributed by atoms with Crippen LogP contribution in [-0.4, -0.2) is 4.98 Å². The molecule has 2 N–H and O–H groups in total. The minimum absolute atomic E-state index is 0.207. The second-order valence-corrected chi connectivity index (χ2v) is 3.77. The number of aromatic nitrogens is 1. The Labute approximate surface area is 72.8 Å². The highest BCUT2D eigenvalue weighted by atomic mass is 14.8. The summed E-state index contributed by atoms with van der Waals surface area (Å²) in [5, 5.41) is 0. The highest BCUT2D eigenvalue weighted by Crippen LogP contribution is 2.42. The lowest BCUT2D eigenvalue weighted by atomic mass is 9.93. The van der Waals surface area contributed by atoms with Crippen molar-refractivity contribution in [1.29, 1.82) is 0 Å². The van der Waals surface area contributed by atoms with Crippen molar-refractivity contribution < 1.29 is 0 Å². The first-order valence-corrected chi connectivity index (χ1v) is 4.41. The van der Waals surface area contributed by atoms with Crippen LogP contribution in [0.25, 0.3) is 0 Å². The lowest BCUT2D eigenvalue weighted by Crippen LogP contribution is -2.36. The summed E-state index contributed by atoms with van der Waals surface area (Å²) < 4.78 is 0. The van der Waals surface area contributed by atoms with E-state index in [1.165, 1.54) is 12.8 Å². The van der Waals surface area contributed by atoms with E-state index in [4.69, 9.17) is 5.73 Å². The highest BCUT2D eigenvalue weighted by Gasteiger charge is 2.40. The van der Waals surface area contributed by atoms with E-state index >= 15 is 0 Å². The first kappa shape index (κ1) is 7.74. The maximum atomic E-state index is 6.18. The fourth-order valence-electron chi connectivity index (χ4n) is 1.57. The first-order valence-electron chi connectivity index (χ1n) is 4.41. The quantitative estimate of drug-likeness (QED) is 0.718. The SMILES string of the molecule is CC(N)(c1ccccn1)C1CC1. The van der Waals surface area contributed by atoms with Gasteiger partial charge in [0.2, 0.25) is 0 Å². The van der Waals surface area contributed by atoms with Crippen molar-refractivity contribution in [2.24, 2.45) is 11.7 Å². The fourth-order valence-corrected chi connectivity index (χ4v) is 1.57. The van der Waals surface area contributed by atoms with Gasteiger partial charge in [-0.05, 0) is 37.8 Å². The maximum Gasteiger partial charge on any atom is 0.0602 e. The summed E-state index contributed by atoms with van der Waals surface area (Å²) in [7, 11) is 0. The largest absolute Gasteiger partial charge is 0.320 e. The van der Waals surface area contributed by atoms with Crippen LogP contribution >= 0.6 is 0 Å². The van der Waals surface area contributed by atoms with Crippen LogP contribution in [-0.2, 0) is 5.54 Å². The van der Waals surface area contributed by atoms with Crippen LogP contribution in [0.15, 0.2) is 24.4 Å². The molecule has 12 heavy (non-hydrogen) atoms. The molecule has 2 heteroatoms. The molecule has 0 spiro atoms. The average molecular weight is 162 g/mol. The van der Waals surface area contributed by atoms with Gasteiger partial charge in [-0.15, -0.1) is 0 Å². The first-order chi connectivity index (χ1) is 5.71. The monoisotopic (exact) mass is 162 g/mol. The van der Waals surface area contributed by atoms with E-state index in [-0.39, 0.29) is 5.54 Å². The highest BCUT2D eigenvalue weighted by molar-refractivity contribution is 5.17. The molecule has 0 amide bonds. The van der Waals surface area contributed by atoms with Crippen molar-refractivity contribution >= 4 is 0 Å². The van der Waals surface area contributed by atoms with Gasteiger partial charge in [-0.2, -0.15) is 0 Å². The zero-order valence-corrected chi connectivity index (χ0v) is 7.33. The summed E-state index contributed by atoms with van der Waals surface area (Å²) in [5.41, 5.74) is 6.99. The Bertz CT molecular complexity index is 262. The normalized spacial score (nSPS) is 21.8. The van der Waals surface area contributed by atoms with Crippen LogP contribution in [0.5, 0.6) is 0 Å². The van der Waals surface area contributed by atoms with Crippen LogP contribution < -0.4 is 5.73 Å². The summed E-state index contributed by atoms with van der Waals surface area (Å²) in [6.07, 6.45) is 4.32. The summed E-state index contributed by atoms with van der Waals surface area (Å²) in [5.74, 6) is 0.646. The van der Waals surface area contributed by atoms with E-state index in [1.54, 1.807) is 0 Å². The Morgan fingerprint density at radius 2 is 2.25 bits per heavy atom. The number of hydrogen-bond acceptors (Lipinski definition) is 2. The molecule has 0 aliphatic heterocycles. The van der Waals surface area contributed by atoms with E-state index in [0.29, 0.717) is 5.92 Å². The van der Waals surface area contributed by atoms with Gasteiger partial charge < -0.3 is 5.73 Å². The predicted octanol–water partition coefficient (Wildman–Crippen LogP) is 1.67. The van der Waals surface area contributed by atoms with Gasteiger partial charge in [0.15, 0.2) is 0 Å². The van der Waals surface area contributed by atoms with Gasteiger partial charge in [-0.1, -0.05) is 6.07 Å². The lowest BCUT2D eigenvalue weighted by molar-refractivity contribution is 0.414. The van der Waals surface area contributed by atoms with Gasteiger partial charge in [0.25, 0.3) is 0 Å². The number of nitrogens with zero attached hydrogens (tertiary/aromatic N) is 1. The molecule has 1 aliphatic carbocycles. The Kier molecular flexibility index (Phi) is 1.65. The third-order valence-electron chi connectivity index (χ3n) is 2.64. The van der Waals surface area contributed by atoms with Gasteiger partial charge in [0, 0.05) is 6.20 Å². The van der Waals surface area contributed by atoms with Crippen LogP contribution in [0.2, 0.25) is 0 Å². The van der Waals surface area contributed by atoms with Gasteiger partial charge >= 0.3 is 0 Å². The zero-order valence-electron chi connectivity index (χ0n) is 7.33. The molecule has 1 fully saturated rings. The van der Waals surface area contributed by atoms with E-state index in [9.17, 15) is 0 Å². The summed E-state index contributed by atoms with van der Waals surface area (Å²) >= 11 is 0. The molecule has 1 unspecified atom stereocenters. The van der Waals surface area contributed by atoms with Crippen LogP contribution in [0, 0.1) is 5.92 Å². The Hall–Kier alpha value is -0.890. The maximum absolute atomic E-state index is 6.18. The number of nitrogens with two attached hydrogens (primary N) is 1. The predicted molar refractivity (Wildman–Crippen MR) is 48.5 cm³/mol. The van der Waals surface area contributed by atoms with Crippen LogP contribution in [0.4, 0.5) is 0 Å². The second kappa shape index (κ2) is 2.56. The topological polar surface area (TPSA) is 38.9 Å². The summed E-state index contributed by atoms with van der Waals surface area (Å²) in [6, 6.07) is 5.93. The number of rotatable bonds is 2. The molecule has 1 heterocycles. The van der Waals surface area contributed by atoms with E-state index in [1.807, 2.05) is 24.4 Å². The molecule has 64 valence electrons. The Morgan fingerprint density at radius 1 is 1.50 bits per heavy atom. The van der Waals surface area contributed by atoms with Gasteiger partial charge in [-0.3, -0.25) is 4.98 Å². The fraction of sp³-hybridized carbons (Fsp3) is 0.500. The Morgan fingerprint density at radius 3 is 2.75 bits per heavy atom. The van der Waals surface area contributed by atoms with Gasteiger partial charge in [-0.25, -0.2) is 0 Å². The summed E-state index contributed by atoms with van der Waals surface area (Å²) in [6.45, 7) is 2.08. The summed E-state index contributed by atoms with van der Waals surface area (Å²) in [4.78, 5) is 4.29. The van der Waals surface area contributed by atoms with Crippen LogP contribution in [0.1, 0.15) is 25.5 Å². The average Bonchev–Trinajstić information content (AvgIpc) is 2.88. The van der Waals surface area contributed by atoms with Crippen LogP contribution in [0.3, 0.4) is 0 Å². The lowest BCUT2D eigenvalue weighted by Gasteiger charge is -2.23. The Balaban J connectivity index is 2.28. The van der Waals surface area contributed by atoms with Crippen molar-refractivity contribution in [3.05, 3.63) is 30.1 Å². The second-order valence-electron chi connectivity index (χ2n) is 3.77. The molecule has 0 aromatic carbocycles. The van der Waals surface area contributed by atoms with Crippen molar-refractivity contribution in [1.82, 2.24) is 4.98 Å². The zero-order chi connectivity index (χ0) is 8.60. The molecule has 1 aromatic rings. The molecule has 0 saturated heterocycles. The van der Waals surface area contributed by atoms with Gasteiger partial charge in [0.05, 0.1) is 11.2 Å². The van der Waals surface area contributed by atoms with Crippen molar-refractivity contribution in [2.75, 3.05) is 0 Å². The molecule has 0 bridgehead atoms. The standard InChI is InChI=1S/C10H14N2/c1-10(11,8-5-6-8)9-4-2-3-7-12-9/h2-4,7-8H,5-6,11H2,1H3. The minimum atomic E-state index is -0.207. The van der Waals surface area contributed by atoms with E-state index < -0.39 is 0 Å². The third-order valence-corrected chi connectivity index (χ3v) is 2.64. The molecule has 1 atom stereocenters. The van der Waals surface area contributed by atoms with Gasteiger partial charge in [0.1, 0.15) is 0 Å². The van der Waals surface area contributed by atoms with E-state index in [2.05, 4.69) is 11.9 Å². The smallest absolute Gasteiger partial charge is 0.0602 e. The van der Waals surface area contributed by atoms with Crippen molar-refractivity contribution in [3.8, 4) is 0 Å². The molecule has 1 saturated carbocycles. The number of pyridine rings is 1. The molecule has 0 radical (unpaired) electrons. The van der Waals surface area contributed by atoms with Crippen molar-refractivity contribution in [3.63, 3.8) is 0 Å². The molecular formula is C10H14N2. The van der Waals surface area contributed by atoms with E-state index in [0.717, 1.165) is 5.69 Å².